The van der Waals surface area contributed by atoms with E-state index in [4.69, 9.17) is 0 Å². The van der Waals surface area contributed by atoms with Gasteiger partial charge in [0.2, 0.25) is 0 Å². The summed E-state index contributed by atoms with van der Waals surface area (Å²) in [6.07, 6.45) is 1.62. The molecule has 5 heteroatoms. The Morgan fingerprint density at radius 1 is 1.38 bits per heavy atom. The van der Waals surface area contributed by atoms with Gasteiger partial charge in [-0.1, -0.05) is 43.7 Å². The Bertz CT molecular complexity index is 656. The van der Waals surface area contributed by atoms with Crippen molar-refractivity contribution < 1.29 is 9.90 Å². The molecule has 21 heavy (non-hydrogen) atoms. The molecule has 0 aliphatic heterocycles. The molecule has 1 N–H and O–H groups in total. The van der Waals surface area contributed by atoms with Gasteiger partial charge in [0, 0.05) is 17.9 Å². The maximum atomic E-state index is 11.4. The fraction of sp³-hybridized carbons (Fsp3) is 0.312. The fourth-order valence-electron chi connectivity index (χ4n) is 1.88. The number of carbonyl (C=O) groups is 1. The number of aryl methyl sites for hydroxylation is 1. The second kappa shape index (κ2) is 6.72. The van der Waals surface area contributed by atoms with Crippen LogP contribution in [0.1, 0.15) is 47.2 Å². The van der Waals surface area contributed by atoms with E-state index in [0.29, 0.717) is 16.5 Å². The molecule has 0 amide bonds. The van der Waals surface area contributed by atoms with E-state index >= 15 is 0 Å². The predicted molar refractivity (Wildman–Crippen MR) is 83.8 cm³/mol. The quantitative estimate of drug-likeness (QED) is 0.849. The van der Waals surface area contributed by atoms with Crippen LogP contribution in [0.4, 0.5) is 0 Å². The largest absolute Gasteiger partial charge is 0.476 e. The second-order valence-corrected chi connectivity index (χ2v) is 6.20. The molecule has 2 rings (SSSR count). The SMILES string of the molecule is Cc1cccc(CSc2cnc(C(C)C)nc2C(=O)O)c1. The van der Waals surface area contributed by atoms with Crippen LogP contribution < -0.4 is 0 Å². The summed E-state index contributed by atoms with van der Waals surface area (Å²) in [6.45, 7) is 5.93. The fourth-order valence-corrected chi connectivity index (χ4v) is 2.78. The first-order valence-corrected chi connectivity index (χ1v) is 7.74. The number of aromatic carboxylic acids is 1. The van der Waals surface area contributed by atoms with E-state index < -0.39 is 5.97 Å². The maximum absolute atomic E-state index is 11.4. The molecule has 1 aromatic heterocycles. The van der Waals surface area contributed by atoms with Crippen LogP contribution in [0.5, 0.6) is 0 Å². The smallest absolute Gasteiger partial charge is 0.355 e. The molecule has 110 valence electrons. The number of benzene rings is 1. The summed E-state index contributed by atoms with van der Waals surface area (Å²) >= 11 is 1.45. The first-order valence-electron chi connectivity index (χ1n) is 6.76. The molecule has 0 saturated heterocycles. The van der Waals surface area contributed by atoms with E-state index in [-0.39, 0.29) is 11.6 Å². The van der Waals surface area contributed by atoms with Gasteiger partial charge in [-0.15, -0.1) is 11.8 Å². The van der Waals surface area contributed by atoms with Gasteiger partial charge in [0.05, 0.1) is 4.90 Å². The summed E-state index contributed by atoms with van der Waals surface area (Å²) < 4.78 is 0. The van der Waals surface area contributed by atoms with Gasteiger partial charge in [0.15, 0.2) is 5.69 Å². The van der Waals surface area contributed by atoms with Gasteiger partial charge in [0.25, 0.3) is 0 Å². The highest BCUT2D eigenvalue weighted by molar-refractivity contribution is 7.98. The molecule has 2 aromatic rings. The molecule has 0 bridgehead atoms. The average molecular weight is 302 g/mol. The van der Waals surface area contributed by atoms with Crippen molar-refractivity contribution in [1.29, 1.82) is 0 Å². The summed E-state index contributed by atoms with van der Waals surface area (Å²) in [5, 5.41) is 9.31. The van der Waals surface area contributed by atoms with Crippen molar-refractivity contribution >= 4 is 17.7 Å². The van der Waals surface area contributed by atoms with E-state index in [2.05, 4.69) is 16.0 Å². The number of carboxylic acids is 1. The Morgan fingerprint density at radius 2 is 2.14 bits per heavy atom. The van der Waals surface area contributed by atoms with Crippen molar-refractivity contribution in [3.05, 3.63) is 53.1 Å². The molecule has 0 saturated carbocycles. The molecular formula is C16H18N2O2S. The zero-order chi connectivity index (χ0) is 15.4. The van der Waals surface area contributed by atoms with Crippen molar-refractivity contribution in [3.8, 4) is 0 Å². The van der Waals surface area contributed by atoms with Crippen molar-refractivity contribution in [3.63, 3.8) is 0 Å². The van der Waals surface area contributed by atoms with E-state index in [9.17, 15) is 9.90 Å². The third kappa shape index (κ3) is 4.04. The third-order valence-corrected chi connectivity index (χ3v) is 4.06. The van der Waals surface area contributed by atoms with Crippen molar-refractivity contribution in [2.45, 2.75) is 37.3 Å². The van der Waals surface area contributed by atoms with Gasteiger partial charge >= 0.3 is 5.97 Å². The minimum Gasteiger partial charge on any atom is -0.476 e. The minimum atomic E-state index is -1.01. The predicted octanol–water partition coefficient (Wildman–Crippen LogP) is 3.90. The number of hydrogen-bond acceptors (Lipinski definition) is 4. The number of rotatable bonds is 5. The summed E-state index contributed by atoms with van der Waals surface area (Å²) in [6, 6.07) is 8.17. The number of thioether (sulfide) groups is 1. The van der Waals surface area contributed by atoms with Crippen LogP contribution >= 0.6 is 11.8 Å². The van der Waals surface area contributed by atoms with Gasteiger partial charge in [0.1, 0.15) is 5.82 Å². The Hall–Kier alpha value is -1.88. The van der Waals surface area contributed by atoms with Gasteiger partial charge in [-0.05, 0) is 12.5 Å². The molecule has 1 aromatic carbocycles. The first kappa shape index (κ1) is 15.5. The zero-order valence-corrected chi connectivity index (χ0v) is 13.1. The van der Waals surface area contributed by atoms with Crippen LogP contribution in [0.25, 0.3) is 0 Å². The lowest BCUT2D eigenvalue weighted by molar-refractivity contribution is 0.0685. The van der Waals surface area contributed by atoms with Crippen LogP contribution in [-0.2, 0) is 5.75 Å². The van der Waals surface area contributed by atoms with E-state index in [0.717, 1.165) is 5.56 Å². The minimum absolute atomic E-state index is 0.0892. The van der Waals surface area contributed by atoms with Crippen LogP contribution in [-0.4, -0.2) is 21.0 Å². The molecule has 0 aliphatic carbocycles. The number of carboxylic acid groups (broad SMARTS) is 1. The lowest BCUT2D eigenvalue weighted by Crippen LogP contribution is -2.08. The van der Waals surface area contributed by atoms with Gasteiger partial charge < -0.3 is 5.11 Å². The van der Waals surface area contributed by atoms with Gasteiger partial charge in [-0.25, -0.2) is 14.8 Å². The van der Waals surface area contributed by atoms with Gasteiger partial charge in [-0.3, -0.25) is 0 Å². The standard InChI is InChI=1S/C16H18N2O2S/c1-10(2)15-17-8-13(14(18-15)16(19)20)21-9-12-6-4-5-11(3)7-12/h4-8,10H,9H2,1-3H3,(H,19,20). The topological polar surface area (TPSA) is 63.1 Å². The number of hydrogen-bond donors (Lipinski definition) is 1. The molecule has 4 nitrogen and oxygen atoms in total. The van der Waals surface area contributed by atoms with Gasteiger partial charge in [-0.2, -0.15) is 0 Å². The molecule has 0 spiro atoms. The second-order valence-electron chi connectivity index (χ2n) is 5.18. The molecule has 1 heterocycles. The molecule has 0 atom stereocenters. The van der Waals surface area contributed by atoms with E-state index in [1.165, 1.54) is 17.3 Å². The number of nitrogens with zero attached hydrogens (tertiary/aromatic N) is 2. The van der Waals surface area contributed by atoms with Crippen LogP contribution in [0.15, 0.2) is 35.4 Å². The highest BCUT2D eigenvalue weighted by atomic mass is 32.2. The highest BCUT2D eigenvalue weighted by Gasteiger charge is 2.16. The van der Waals surface area contributed by atoms with Crippen LogP contribution in [0, 0.1) is 6.92 Å². The van der Waals surface area contributed by atoms with Crippen LogP contribution in [0.3, 0.4) is 0 Å². The summed E-state index contributed by atoms with van der Waals surface area (Å²) in [7, 11) is 0. The Balaban J connectivity index is 2.21. The number of aromatic nitrogens is 2. The van der Waals surface area contributed by atoms with Crippen molar-refractivity contribution in [2.75, 3.05) is 0 Å². The van der Waals surface area contributed by atoms with Crippen molar-refractivity contribution in [2.24, 2.45) is 0 Å². The van der Waals surface area contributed by atoms with Crippen LogP contribution in [0.2, 0.25) is 0 Å². The molecular weight excluding hydrogens is 284 g/mol. The Kier molecular flexibility index (Phi) is 4.96. The summed E-state index contributed by atoms with van der Waals surface area (Å²) in [5.41, 5.74) is 2.44. The average Bonchev–Trinajstić information content (AvgIpc) is 2.44. The summed E-state index contributed by atoms with van der Waals surface area (Å²) in [4.78, 5) is 20.4. The Labute approximate surface area is 128 Å². The molecule has 0 radical (unpaired) electrons. The molecule has 0 aliphatic rings. The Morgan fingerprint density at radius 3 is 2.76 bits per heavy atom. The normalized spacial score (nSPS) is 10.9. The van der Waals surface area contributed by atoms with Crippen molar-refractivity contribution in [1.82, 2.24) is 9.97 Å². The lowest BCUT2D eigenvalue weighted by atomic mass is 10.2. The highest BCUT2D eigenvalue weighted by Crippen LogP contribution is 2.26. The summed E-state index contributed by atoms with van der Waals surface area (Å²) in [5.74, 6) is 0.365. The third-order valence-electron chi connectivity index (χ3n) is 2.97. The molecule has 0 fully saturated rings. The lowest BCUT2D eigenvalue weighted by Gasteiger charge is -2.09. The maximum Gasteiger partial charge on any atom is 0.355 e. The monoisotopic (exact) mass is 302 g/mol. The van der Waals surface area contributed by atoms with E-state index in [1.807, 2.05) is 39.0 Å². The first-order chi connectivity index (χ1) is 9.97. The van der Waals surface area contributed by atoms with E-state index in [1.54, 1.807) is 6.20 Å². The zero-order valence-electron chi connectivity index (χ0n) is 12.3. The molecule has 0 unspecified atom stereocenters.